The molecule has 0 saturated heterocycles. The van der Waals surface area contributed by atoms with Crippen molar-refractivity contribution >= 4 is 38.1 Å². The fourth-order valence-corrected chi connectivity index (χ4v) is 5.79. The van der Waals surface area contributed by atoms with Gasteiger partial charge in [-0.05, 0) is 49.2 Å². The lowest BCUT2D eigenvalue weighted by Gasteiger charge is -2.22. The first kappa shape index (κ1) is 18.5. The van der Waals surface area contributed by atoms with E-state index in [4.69, 9.17) is 0 Å². The number of nitrogens with zero attached hydrogens (tertiary/aromatic N) is 3. The van der Waals surface area contributed by atoms with Crippen LogP contribution in [0.4, 0.5) is 15.2 Å². The quantitative estimate of drug-likeness (QED) is 0.658. The van der Waals surface area contributed by atoms with Gasteiger partial charge in [-0.25, -0.2) is 4.39 Å². The van der Waals surface area contributed by atoms with Crippen molar-refractivity contribution in [3.05, 3.63) is 65.5 Å². The summed E-state index contributed by atoms with van der Waals surface area (Å²) in [5.74, 6) is -0.985. The predicted octanol–water partition coefficient (Wildman–Crippen LogP) is 3.07. The zero-order chi connectivity index (χ0) is 19.9. The van der Waals surface area contributed by atoms with Gasteiger partial charge in [0.15, 0.2) is 0 Å². The molecule has 0 aliphatic carbocycles. The standard InChI is InChI=1S/C18H15FN4O3S2/c1-11-10-13-4-2-3-5-15(13)23(11)28(25,26)18-22-21-17(27-18)20-16(24)12-6-8-14(19)9-7-12/h2-9,11H,10H2,1H3,(H,20,21,24)/t11-/m0/s1. The van der Waals surface area contributed by atoms with Crippen molar-refractivity contribution in [1.82, 2.24) is 10.2 Å². The van der Waals surface area contributed by atoms with E-state index in [1.807, 2.05) is 19.1 Å². The van der Waals surface area contributed by atoms with Gasteiger partial charge in [-0.2, -0.15) is 8.42 Å². The normalized spacial score (nSPS) is 16.1. The van der Waals surface area contributed by atoms with E-state index in [1.54, 1.807) is 12.1 Å². The number of carbonyl (C=O) groups excluding carboxylic acids is 1. The Morgan fingerprint density at radius 1 is 1.18 bits per heavy atom. The molecule has 4 rings (SSSR count). The number of halogens is 1. The molecule has 1 N–H and O–H groups in total. The summed E-state index contributed by atoms with van der Waals surface area (Å²) in [4.78, 5) is 12.2. The molecule has 10 heteroatoms. The second-order valence-corrected chi connectivity index (χ2v) is 9.28. The molecule has 0 unspecified atom stereocenters. The molecule has 3 aromatic rings. The summed E-state index contributed by atoms with van der Waals surface area (Å²) in [7, 11) is -3.91. The number of anilines is 2. The summed E-state index contributed by atoms with van der Waals surface area (Å²) in [5, 5.41) is 10.1. The average molecular weight is 418 g/mol. The first-order valence-corrected chi connectivity index (χ1v) is 10.6. The second-order valence-electron chi connectivity index (χ2n) is 6.32. The van der Waals surface area contributed by atoms with E-state index < -0.39 is 21.7 Å². The SMILES string of the molecule is C[C@H]1Cc2ccccc2N1S(=O)(=O)c1nnc(NC(=O)c2ccc(F)cc2)s1. The number of aromatic nitrogens is 2. The van der Waals surface area contributed by atoms with Gasteiger partial charge < -0.3 is 0 Å². The summed E-state index contributed by atoms with van der Waals surface area (Å²) >= 11 is 0.772. The summed E-state index contributed by atoms with van der Waals surface area (Å²) in [6, 6.07) is 12.0. The number of rotatable bonds is 4. The van der Waals surface area contributed by atoms with E-state index in [0.717, 1.165) is 29.0 Å². The highest BCUT2D eigenvalue weighted by atomic mass is 32.2. The molecule has 0 bridgehead atoms. The third-order valence-corrected chi connectivity index (χ3v) is 7.47. The fraction of sp³-hybridized carbons (Fsp3) is 0.167. The van der Waals surface area contributed by atoms with Gasteiger partial charge in [-0.1, -0.05) is 29.5 Å². The molecule has 2 heterocycles. The smallest absolute Gasteiger partial charge is 0.293 e. The minimum Gasteiger partial charge on any atom is -0.296 e. The maximum Gasteiger partial charge on any atom is 0.293 e. The number of hydrogen-bond acceptors (Lipinski definition) is 6. The van der Waals surface area contributed by atoms with E-state index >= 15 is 0 Å². The highest BCUT2D eigenvalue weighted by molar-refractivity contribution is 7.94. The Bertz CT molecular complexity index is 1150. The van der Waals surface area contributed by atoms with E-state index in [-0.39, 0.29) is 21.1 Å². The summed E-state index contributed by atoms with van der Waals surface area (Å²) < 4.78 is 40.3. The zero-order valence-corrected chi connectivity index (χ0v) is 16.3. The van der Waals surface area contributed by atoms with Crippen molar-refractivity contribution in [2.45, 2.75) is 23.7 Å². The number of carbonyl (C=O) groups is 1. The van der Waals surface area contributed by atoms with Gasteiger partial charge in [-0.3, -0.25) is 14.4 Å². The van der Waals surface area contributed by atoms with Gasteiger partial charge in [0.25, 0.3) is 20.3 Å². The minimum atomic E-state index is -3.91. The topological polar surface area (TPSA) is 92.3 Å². The van der Waals surface area contributed by atoms with Crippen molar-refractivity contribution < 1.29 is 17.6 Å². The Labute approximate surface area is 164 Å². The highest BCUT2D eigenvalue weighted by Crippen LogP contribution is 2.37. The third kappa shape index (κ3) is 3.25. The van der Waals surface area contributed by atoms with Gasteiger partial charge >= 0.3 is 0 Å². The van der Waals surface area contributed by atoms with Crippen molar-refractivity contribution in [3.8, 4) is 0 Å². The van der Waals surface area contributed by atoms with Crippen molar-refractivity contribution in [3.63, 3.8) is 0 Å². The molecule has 28 heavy (non-hydrogen) atoms. The Morgan fingerprint density at radius 2 is 1.89 bits per heavy atom. The predicted molar refractivity (Wildman–Crippen MR) is 104 cm³/mol. The average Bonchev–Trinajstić information content (AvgIpc) is 3.26. The van der Waals surface area contributed by atoms with E-state index in [9.17, 15) is 17.6 Å². The molecule has 1 aromatic heterocycles. The number of nitrogens with one attached hydrogen (secondary N) is 1. The van der Waals surface area contributed by atoms with Crippen LogP contribution in [0, 0.1) is 5.82 Å². The van der Waals surface area contributed by atoms with Gasteiger partial charge in [0.05, 0.1) is 5.69 Å². The summed E-state index contributed by atoms with van der Waals surface area (Å²) in [6.45, 7) is 1.83. The van der Waals surface area contributed by atoms with Gasteiger partial charge in [0.2, 0.25) is 5.13 Å². The maximum atomic E-state index is 13.1. The second kappa shape index (κ2) is 6.95. The van der Waals surface area contributed by atoms with Crippen molar-refractivity contribution in [2.75, 3.05) is 9.62 Å². The van der Waals surface area contributed by atoms with E-state index in [0.29, 0.717) is 12.1 Å². The van der Waals surface area contributed by atoms with Crippen LogP contribution in [0.15, 0.2) is 52.9 Å². The third-order valence-electron chi connectivity index (χ3n) is 4.36. The number of fused-ring (bicyclic) bond motifs is 1. The van der Waals surface area contributed by atoms with Crippen LogP contribution >= 0.6 is 11.3 Å². The molecule has 7 nitrogen and oxygen atoms in total. The van der Waals surface area contributed by atoms with Gasteiger partial charge in [0.1, 0.15) is 5.82 Å². The first-order valence-electron chi connectivity index (χ1n) is 8.39. The lowest BCUT2D eigenvalue weighted by molar-refractivity contribution is 0.102. The molecule has 1 aliphatic rings. The first-order chi connectivity index (χ1) is 13.4. The van der Waals surface area contributed by atoms with Gasteiger partial charge in [-0.15, -0.1) is 10.2 Å². The Morgan fingerprint density at radius 3 is 2.64 bits per heavy atom. The molecule has 1 aliphatic heterocycles. The largest absolute Gasteiger partial charge is 0.296 e. The molecule has 0 radical (unpaired) electrons. The molecule has 0 saturated carbocycles. The molecule has 0 spiro atoms. The number of benzene rings is 2. The van der Waals surface area contributed by atoms with Crippen LogP contribution in [0.1, 0.15) is 22.8 Å². The van der Waals surface area contributed by atoms with Crippen molar-refractivity contribution in [2.24, 2.45) is 0 Å². The minimum absolute atomic E-state index is 0.0491. The number of para-hydroxylation sites is 1. The van der Waals surface area contributed by atoms with Crippen LogP contribution in [0.3, 0.4) is 0 Å². The maximum absolute atomic E-state index is 13.1. The molecule has 0 fully saturated rings. The van der Waals surface area contributed by atoms with E-state index in [1.165, 1.54) is 16.4 Å². The Kier molecular flexibility index (Phi) is 4.60. The van der Waals surface area contributed by atoms with Crippen molar-refractivity contribution in [1.29, 1.82) is 0 Å². The van der Waals surface area contributed by atoms with Crippen LogP contribution in [-0.2, 0) is 16.4 Å². The molecule has 1 atom stereocenters. The highest BCUT2D eigenvalue weighted by Gasteiger charge is 2.38. The van der Waals surface area contributed by atoms with Gasteiger partial charge in [0, 0.05) is 11.6 Å². The van der Waals surface area contributed by atoms with E-state index in [2.05, 4.69) is 15.5 Å². The molecular formula is C18H15FN4O3S2. The van der Waals surface area contributed by atoms with Crippen LogP contribution in [0.5, 0.6) is 0 Å². The molecular weight excluding hydrogens is 403 g/mol. The number of hydrogen-bond donors (Lipinski definition) is 1. The lowest BCUT2D eigenvalue weighted by Crippen LogP contribution is -2.35. The van der Waals surface area contributed by atoms with Crippen LogP contribution in [-0.4, -0.2) is 30.6 Å². The molecule has 1 amide bonds. The number of sulfonamides is 1. The number of amides is 1. The summed E-state index contributed by atoms with van der Waals surface area (Å²) in [6.07, 6.45) is 0.613. The van der Waals surface area contributed by atoms with Crippen LogP contribution < -0.4 is 9.62 Å². The monoisotopic (exact) mass is 418 g/mol. The van der Waals surface area contributed by atoms with Crippen LogP contribution in [0.2, 0.25) is 0 Å². The Hall–Kier alpha value is -2.85. The van der Waals surface area contributed by atoms with Crippen LogP contribution in [0.25, 0.3) is 0 Å². The Balaban J connectivity index is 1.58. The molecule has 144 valence electrons. The lowest BCUT2D eigenvalue weighted by atomic mass is 10.1. The zero-order valence-electron chi connectivity index (χ0n) is 14.7. The molecule has 2 aromatic carbocycles. The fourth-order valence-electron chi connectivity index (χ4n) is 3.12. The summed E-state index contributed by atoms with van der Waals surface area (Å²) in [5.41, 5.74) is 1.80.